The molecule has 4 rings (SSSR count). The Labute approximate surface area is 332 Å². The summed E-state index contributed by atoms with van der Waals surface area (Å²) < 4.78 is 58.3. The van der Waals surface area contributed by atoms with Crippen LogP contribution in [0.2, 0.25) is 5.02 Å². The van der Waals surface area contributed by atoms with Crippen molar-refractivity contribution in [3.63, 3.8) is 0 Å². The van der Waals surface area contributed by atoms with E-state index in [0.717, 1.165) is 34.4 Å². The Kier molecular flexibility index (Phi) is 17.3. The normalized spacial score (nSPS) is 14.6. The highest BCUT2D eigenvalue weighted by Crippen LogP contribution is 2.39. The van der Waals surface area contributed by atoms with Crippen molar-refractivity contribution < 1.29 is 41.4 Å². The van der Waals surface area contributed by atoms with Crippen LogP contribution >= 0.6 is 11.6 Å². The minimum atomic E-state index is -3.83. The fourth-order valence-corrected chi connectivity index (χ4v) is 7.62. The average Bonchev–Trinajstić information content (AvgIpc) is 3.52. The van der Waals surface area contributed by atoms with E-state index in [-0.39, 0.29) is 45.8 Å². The number of amides is 2. The number of likely N-dealkylation sites (tertiary alicyclic amines) is 1. The van der Waals surface area contributed by atoms with E-state index in [9.17, 15) is 27.2 Å². The summed E-state index contributed by atoms with van der Waals surface area (Å²) in [5.74, 6) is 2.21. The van der Waals surface area contributed by atoms with Crippen molar-refractivity contribution in [2.24, 2.45) is 0 Å². The molecule has 0 saturated carbocycles. The number of pyridine rings is 1. The van der Waals surface area contributed by atoms with Crippen molar-refractivity contribution in [1.29, 1.82) is 0 Å². The number of anilines is 1. The van der Waals surface area contributed by atoms with Gasteiger partial charge in [0, 0.05) is 57.4 Å². The van der Waals surface area contributed by atoms with Crippen LogP contribution in [0.3, 0.4) is 0 Å². The van der Waals surface area contributed by atoms with Gasteiger partial charge >= 0.3 is 6.09 Å². The maximum Gasteiger partial charge on any atom is 0.410 e. The number of imidazole rings is 1. The predicted octanol–water partition coefficient (Wildman–Crippen LogP) is 3.62. The summed E-state index contributed by atoms with van der Waals surface area (Å²) in [5.41, 5.74) is 2.24. The summed E-state index contributed by atoms with van der Waals surface area (Å²) in [7, 11) is -1.93. The number of rotatable bonds is 23. The van der Waals surface area contributed by atoms with Crippen LogP contribution in [-0.2, 0) is 52.3 Å². The highest BCUT2D eigenvalue weighted by Gasteiger charge is 2.40. The molecule has 1 aliphatic heterocycles. The van der Waals surface area contributed by atoms with Crippen LogP contribution in [-0.4, -0.2) is 124 Å². The zero-order valence-electron chi connectivity index (χ0n) is 31.9. The molecule has 0 spiro atoms. The average molecular weight is 820 g/mol. The number of sulfonamides is 1. The van der Waals surface area contributed by atoms with E-state index >= 15 is 0 Å². The molecule has 1 fully saturated rings. The number of aldehydes is 1. The molecule has 0 aliphatic carbocycles. The zero-order valence-corrected chi connectivity index (χ0v) is 33.5. The highest BCUT2D eigenvalue weighted by atomic mass is 35.5. The number of terminal acetylenes is 1. The molecule has 56 heavy (non-hydrogen) atoms. The molecule has 2 aromatic heterocycles. The van der Waals surface area contributed by atoms with Crippen LogP contribution in [0.5, 0.6) is 0 Å². The lowest BCUT2D eigenvalue weighted by molar-refractivity contribution is -0.121. The maximum absolute atomic E-state index is 13.1. The smallest absolute Gasteiger partial charge is 0.410 e. The van der Waals surface area contributed by atoms with Gasteiger partial charge in [0.05, 0.1) is 67.1 Å². The van der Waals surface area contributed by atoms with Gasteiger partial charge in [0.2, 0.25) is 15.9 Å². The van der Waals surface area contributed by atoms with Gasteiger partial charge in [0.15, 0.2) is 0 Å². The van der Waals surface area contributed by atoms with Crippen molar-refractivity contribution in [2.75, 3.05) is 77.0 Å². The SMILES string of the molecule is C#CCOCCOCCNC(=O)CCS(=O)(=O)NC[C@@H](C)OC(=O)N1CCC(C=O)(c2ccncc2N(C)Cc2nc3cc(Cl)ccc3n2CCCCF)CC1. The number of unbranched alkanes of at least 4 members (excludes halogenated alkanes) is 1. The van der Waals surface area contributed by atoms with Gasteiger partial charge in [-0.2, -0.15) is 0 Å². The summed E-state index contributed by atoms with van der Waals surface area (Å²) in [4.78, 5) is 50.7. The van der Waals surface area contributed by atoms with Gasteiger partial charge in [-0.3, -0.25) is 14.2 Å². The van der Waals surface area contributed by atoms with Gasteiger partial charge in [-0.1, -0.05) is 17.5 Å². The molecule has 3 heterocycles. The minimum absolute atomic E-state index is 0.180. The van der Waals surface area contributed by atoms with E-state index < -0.39 is 46.0 Å². The Balaban J connectivity index is 1.27. The molecular weight excluding hydrogens is 769 g/mol. The van der Waals surface area contributed by atoms with Crippen LogP contribution in [0.25, 0.3) is 11.0 Å². The van der Waals surface area contributed by atoms with Crippen LogP contribution in [0.4, 0.5) is 14.9 Å². The van der Waals surface area contributed by atoms with Gasteiger partial charge in [-0.15, -0.1) is 6.42 Å². The first-order valence-electron chi connectivity index (χ1n) is 18.5. The number of carbonyl (C=O) groups is 3. The number of ether oxygens (including phenoxy) is 3. The molecule has 0 radical (unpaired) electrons. The quantitative estimate of drug-likeness (QED) is 0.0813. The first-order valence-corrected chi connectivity index (χ1v) is 20.6. The highest BCUT2D eigenvalue weighted by molar-refractivity contribution is 7.89. The number of halogens is 2. The number of carbonyl (C=O) groups excluding carboxylic acids is 3. The van der Waals surface area contributed by atoms with E-state index in [1.807, 2.05) is 24.1 Å². The Hall–Kier alpha value is -4.34. The first-order chi connectivity index (χ1) is 26.9. The number of nitrogens with zero attached hydrogens (tertiary/aromatic N) is 5. The van der Waals surface area contributed by atoms with Gasteiger partial charge < -0.3 is 38.7 Å². The minimum Gasteiger partial charge on any atom is -0.445 e. The second-order valence-corrected chi connectivity index (χ2v) is 15.9. The molecule has 2 N–H and O–H groups in total. The Morgan fingerprint density at radius 2 is 1.95 bits per heavy atom. The second-order valence-electron chi connectivity index (χ2n) is 13.5. The van der Waals surface area contributed by atoms with Crippen molar-refractivity contribution in [3.05, 3.63) is 53.1 Å². The van der Waals surface area contributed by atoms with Crippen LogP contribution in [0, 0.1) is 12.3 Å². The summed E-state index contributed by atoms with van der Waals surface area (Å²) >= 11 is 6.25. The van der Waals surface area contributed by atoms with Crippen molar-refractivity contribution in [2.45, 2.75) is 63.6 Å². The molecule has 18 heteroatoms. The molecule has 306 valence electrons. The number of hydrogen-bond donors (Lipinski definition) is 2. The summed E-state index contributed by atoms with van der Waals surface area (Å²) in [6.07, 6.45) is 9.41. The van der Waals surface area contributed by atoms with Crippen molar-refractivity contribution in [1.82, 2.24) is 29.5 Å². The number of nitrogens with one attached hydrogen (secondary N) is 2. The lowest BCUT2D eigenvalue weighted by Crippen LogP contribution is -2.47. The number of piperidine rings is 1. The van der Waals surface area contributed by atoms with Crippen LogP contribution in [0.1, 0.15) is 50.4 Å². The topological polar surface area (TPSA) is 174 Å². The lowest BCUT2D eigenvalue weighted by atomic mass is 9.73. The third-order valence-electron chi connectivity index (χ3n) is 9.44. The first kappa shape index (κ1) is 44.4. The number of benzene rings is 1. The largest absolute Gasteiger partial charge is 0.445 e. The van der Waals surface area contributed by atoms with Crippen LogP contribution < -0.4 is 14.9 Å². The molecule has 3 aromatic rings. The number of aromatic nitrogens is 3. The van der Waals surface area contributed by atoms with Crippen molar-refractivity contribution >= 4 is 56.6 Å². The number of fused-ring (bicyclic) bond motifs is 1. The summed E-state index contributed by atoms with van der Waals surface area (Å²) in [6, 6.07) is 7.33. The number of aryl methyl sites for hydroxylation is 1. The standard InChI is InChI=1S/C38H51ClFN7O8S/c1-4-19-53-21-22-54-20-15-42-36(49)10-23-56(51,52)43-25-29(2)55-37(50)46-17-11-38(28-48,12-18-46)31-9-14-41-26-34(31)45(3)27-35-44-32-24-30(39)7-8-33(32)47(35)16-6-5-13-40/h1,7-9,14,24,26,28-29,43H,5-6,10-13,15-23,25,27H2,2-3H3,(H,42,49)/t29-/m1/s1. The third kappa shape index (κ3) is 12.8. The van der Waals surface area contributed by atoms with Crippen molar-refractivity contribution in [3.8, 4) is 12.3 Å². The Morgan fingerprint density at radius 3 is 2.68 bits per heavy atom. The number of alkyl halides is 1. The van der Waals surface area contributed by atoms with Crippen LogP contribution in [0.15, 0.2) is 36.7 Å². The van der Waals surface area contributed by atoms with Gasteiger partial charge in [0.25, 0.3) is 0 Å². The molecule has 0 unspecified atom stereocenters. The van der Waals surface area contributed by atoms with Gasteiger partial charge in [0.1, 0.15) is 24.8 Å². The zero-order chi connectivity index (χ0) is 40.6. The lowest BCUT2D eigenvalue weighted by Gasteiger charge is -2.40. The Bertz CT molecular complexity index is 1920. The summed E-state index contributed by atoms with van der Waals surface area (Å²) in [6.45, 7) is 3.69. The van der Waals surface area contributed by atoms with E-state index in [4.69, 9.17) is 37.2 Å². The third-order valence-corrected chi connectivity index (χ3v) is 11.0. The molecule has 1 aromatic carbocycles. The van der Waals surface area contributed by atoms with E-state index in [2.05, 4.69) is 25.5 Å². The fraction of sp³-hybridized carbons (Fsp3) is 0.553. The predicted molar refractivity (Wildman–Crippen MR) is 211 cm³/mol. The maximum atomic E-state index is 13.1. The van der Waals surface area contributed by atoms with E-state index in [0.29, 0.717) is 57.0 Å². The Morgan fingerprint density at radius 1 is 1.18 bits per heavy atom. The fourth-order valence-electron chi connectivity index (χ4n) is 6.37. The van der Waals surface area contributed by atoms with E-state index in [1.54, 1.807) is 31.5 Å². The molecule has 0 bridgehead atoms. The van der Waals surface area contributed by atoms with Gasteiger partial charge in [-0.05, 0) is 62.4 Å². The molecule has 1 aliphatic rings. The molecule has 1 atom stereocenters. The monoisotopic (exact) mass is 819 g/mol. The summed E-state index contributed by atoms with van der Waals surface area (Å²) in [5, 5.41) is 3.16. The second kappa shape index (κ2) is 21.8. The van der Waals surface area contributed by atoms with Gasteiger partial charge in [-0.25, -0.2) is 22.9 Å². The number of hydrogen-bond acceptors (Lipinski definition) is 11. The molecule has 2 amide bonds. The molecule has 15 nitrogen and oxygen atoms in total. The molecular formula is C38H51ClFN7O8S. The molecule has 1 saturated heterocycles. The van der Waals surface area contributed by atoms with E-state index in [1.165, 1.54) is 4.90 Å².